The first kappa shape index (κ1) is 8.57. The van der Waals surface area contributed by atoms with Crippen molar-refractivity contribution >= 4 is 5.91 Å². The third-order valence-corrected chi connectivity index (χ3v) is 2.45. The zero-order chi connectivity index (χ0) is 8.59. The minimum absolute atomic E-state index is 0.309. The van der Waals surface area contributed by atoms with Gasteiger partial charge in [-0.05, 0) is 18.3 Å². The summed E-state index contributed by atoms with van der Waals surface area (Å²) in [5.41, 5.74) is 0. The molecule has 1 unspecified atom stereocenters. The summed E-state index contributed by atoms with van der Waals surface area (Å²) in [6.07, 6.45) is 1.11. The van der Waals surface area contributed by atoms with Crippen LogP contribution in [0.25, 0.3) is 0 Å². The van der Waals surface area contributed by atoms with E-state index in [0.29, 0.717) is 23.7 Å². The Balaban J connectivity index is 2.38. The largest absolute Gasteiger partial charge is 0.349 e. The molecule has 1 fully saturated rings. The van der Waals surface area contributed by atoms with E-state index in [1.165, 1.54) is 0 Å². The van der Waals surface area contributed by atoms with E-state index in [1.807, 2.05) is 14.1 Å². The van der Waals surface area contributed by atoms with Crippen molar-refractivity contribution < 1.29 is 4.79 Å². The lowest BCUT2D eigenvalue weighted by Gasteiger charge is -2.10. The summed E-state index contributed by atoms with van der Waals surface area (Å²) in [7, 11) is 3.66. The highest BCUT2D eigenvalue weighted by atomic mass is 16.2. The van der Waals surface area contributed by atoms with Gasteiger partial charge >= 0.3 is 0 Å². The van der Waals surface area contributed by atoms with Gasteiger partial charge in [0.25, 0.3) is 0 Å². The molecule has 1 rings (SSSR count). The first-order valence-electron chi connectivity index (χ1n) is 4.25. The van der Waals surface area contributed by atoms with Crippen molar-refractivity contribution in [1.82, 2.24) is 4.90 Å². The Morgan fingerprint density at radius 3 is 2.27 bits per heavy atom. The fraction of sp³-hybridized carbons (Fsp3) is 0.889. The van der Waals surface area contributed by atoms with Gasteiger partial charge < -0.3 is 4.90 Å². The molecule has 1 aliphatic carbocycles. The van der Waals surface area contributed by atoms with Crippen LogP contribution in [0, 0.1) is 17.8 Å². The minimum atomic E-state index is 0.309. The highest BCUT2D eigenvalue weighted by Gasteiger charge is 2.44. The van der Waals surface area contributed by atoms with Crippen LogP contribution in [-0.4, -0.2) is 24.9 Å². The minimum Gasteiger partial charge on any atom is -0.349 e. The molecule has 64 valence electrons. The number of rotatable bonds is 2. The van der Waals surface area contributed by atoms with Gasteiger partial charge in [0.15, 0.2) is 0 Å². The number of carbonyl (C=O) groups excluding carboxylic acids is 1. The summed E-state index contributed by atoms with van der Waals surface area (Å²) >= 11 is 0. The maximum absolute atomic E-state index is 11.3. The average molecular weight is 155 g/mol. The zero-order valence-electron chi connectivity index (χ0n) is 7.79. The zero-order valence-corrected chi connectivity index (χ0v) is 7.79. The summed E-state index contributed by atoms with van der Waals surface area (Å²) < 4.78 is 0. The van der Waals surface area contributed by atoms with Gasteiger partial charge in [-0.15, -0.1) is 0 Å². The van der Waals surface area contributed by atoms with Crippen molar-refractivity contribution in [3.8, 4) is 0 Å². The van der Waals surface area contributed by atoms with Gasteiger partial charge in [0.05, 0.1) is 0 Å². The van der Waals surface area contributed by atoms with E-state index in [0.717, 1.165) is 6.42 Å². The number of hydrogen-bond donors (Lipinski definition) is 0. The van der Waals surface area contributed by atoms with Gasteiger partial charge in [-0.3, -0.25) is 4.79 Å². The Morgan fingerprint density at radius 1 is 1.45 bits per heavy atom. The molecule has 0 spiro atoms. The predicted octanol–water partition coefficient (Wildman–Crippen LogP) is 1.37. The molecule has 1 amide bonds. The SMILES string of the molecule is CC(C)[C@H]1CC1C(=O)N(C)C. The first-order chi connectivity index (χ1) is 5.04. The van der Waals surface area contributed by atoms with Crippen molar-refractivity contribution in [2.45, 2.75) is 20.3 Å². The molecule has 0 N–H and O–H groups in total. The molecule has 0 aromatic heterocycles. The molecule has 1 saturated carbocycles. The van der Waals surface area contributed by atoms with Gasteiger partial charge in [0.1, 0.15) is 0 Å². The van der Waals surface area contributed by atoms with E-state index < -0.39 is 0 Å². The highest BCUT2D eigenvalue weighted by Crippen LogP contribution is 2.44. The van der Waals surface area contributed by atoms with Crippen LogP contribution < -0.4 is 0 Å². The first-order valence-corrected chi connectivity index (χ1v) is 4.25. The normalized spacial score (nSPS) is 28.8. The molecule has 0 heterocycles. The quantitative estimate of drug-likeness (QED) is 0.589. The molecule has 0 aliphatic heterocycles. The third-order valence-electron chi connectivity index (χ3n) is 2.45. The fourth-order valence-corrected chi connectivity index (χ4v) is 1.57. The van der Waals surface area contributed by atoms with Crippen LogP contribution in [-0.2, 0) is 4.79 Å². The maximum Gasteiger partial charge on any atom is 0.225 e. The molecule has 11 heavy (non-hydrogen) atoms. The molecule has 0 bridgehead atoms. The van der Waals surface area contributed by atoms with Crippen molar-refractivity contribution in [3.05, 3.63) is 0 Å². The second kappa shape index (κ2) is 2.84. The number of hydrogen-bond acceptors (Lipinski definition) is 1. The van der Waals surface area contributed by atoms with Gasteiger partial charge in [-0.2, -0.15) is 0 Å². The van der Waals surface area contributed by atoms with Crippen molar-refractivity contribution in [1.29, 1.82) is 0 Å². The maximum atomic E-state index is 11.3. The molecule has 2 atom stereocenters. The Hall–Kier alpha value is -0.530. The molecule has 0 aromatic carbocycles. The van der Waals surface area contributed by atoms with E-state index in [1.54, 1.807) is 4.90 Å². The van der Waals surface area contributed by atoms with Crippen LogP contribution in [0.15, 0.2) is 0 Å². The lowest BCUT2D eigenvalue weighted by molar-refractivity contribution is -0.130. The van der Waals surface area contributed by atoms with Crippen molar-refractivity contribution in [2.75, 3.05) is 14.1 Å². The second-order valence-corrected chi connectivity index (χ2v) is 3.98. The Morgan fingerprint density at radius 2 is 2.00 bits per heavy atom. The Bertz CT molecular complexity index is 163. The Kier molecular flexibility index (Phi) is 2.21. The van der Waals surface area contributed by atoms with Crippen LogP contribution in [0.1, 0.15) is 20.3 Å². The molecule has 0 radical (unpaired) electrons. The monoisotopic (exact) mass is 155 g/mol. The predicted molar refractivity (Wildman–Crippen MR) is 45.1 cm³/mol. The smallest absolute Gasteiger partial charge is 0.225 e. The number of amides is 1. The van der Waals surface area contributed by atoms with E-state index in [2.05, 4.69) is 13.8 Å². The number of carbonyl (C=O) groups is 1. The third kappa shape index (κ3) is 1.73. The highest BCUT2D eigenvalue weighted by molar-refractivity contribution is 5.81. The lowest BCUT2D eigenvalue weighted by Crippen LogP contribution is -2.24. The Labute approximate surface area is 68.6 Å². The molecule has 0 saturated heterocycles. The van der Waals surface area contributed by atoms with E-state index >= 15 is 0 Å². The van der Waals surface area contributed by atoms with Crippen LogP contribution in [0.2, 0.25) is 0 Å². The van der Waals surface area contributed by atoms with Crippen molar-refractivity contribution in [2.24, 2.45) is 17.8 Å². The lowest BCUT2D eigenvalue weighted by atomic mass is 10.1. The summed E-state index contributed by atoms with van der Waals surface area (Å²) in [4.78, 5) is 13.0. The summed E-state index contributed by atoms with van der Waals surface area (Å²) in [5, 5.41) is 0. The van der Waals surface area contributed by atoms with Crippen LogP contribution >= 0.6 is 0 Å². The topological polar surface area (TPSA) is 20.3 Å². The van der Waals surface area contributed by atoms with Gasteiger partial charge in [-0.25, -0.2) is 0 Å². The fourth-order valence-electron chi connectivity index (χ4n) is 1.57. The van der Waals surface area contributed by atoms with Gasteiger partial charge in [-0.1, -0.05) is 13.8 Å². The van der Waals surface area contributed by atoms with E-state index in [-0.39, 0.29) is 0 Å². The van der Waals surface area contributed by atoms with Crippen LogP contribution in [0.5, 0.6) is 0 Å². The van der Waals surface area contributed by atoms with Crippen LogP contribution in [0.4, 0.5) is 0 Å². The summed E-state index contributed by atoms with van der Waals surface area (Å²) in [6, 6.07) is 0. The van der Waals surface area contributed by atoms with Gasteiger partial charge in [0, 0.05) is 20.0 Å². The molecular weight excluding hydrogens is 138 g/mol. The van der Waals surface area contributed by atoms with E-state index in [4.69, 9.17) is 0 Å². The number of nitrogens with zero attached hydrogens (tertiary/aromatic N) is 1. The van der Waals surface area contributed by atoms with E-state index in [9.17, 15) is 4.79 Å². The molecule has 2 nitrogen and oxygen atoms in total. The van der Waals surface area contributed by atoms with Crippen LogP contribution in [0.3, 0.4) is 0 Å². The average Bonchev–Trinajstić information content (AvgIpc) is 2.63. The molecule has 0 aromatic rings. The second-order valence-electron chi connectivity index (χ2n) is 3.98. The summed E-state index contributed by atoms with van der Waals surface area (Å²) in [5.74, 6) is 1.97. The standard InChI is InChI=1S/C9H17NO/c1-6(2)7-5-8(7)9(11)10(3)4/h6-8H,5H2,1-4H3/t7-,8?/m1/s1. The van der Waals surface area contributed by atoms with Crippen molar-refractivity contribution in [3.63, 3.8) is 0 Å². The molecule has 2 heteroatoms. The summed E-state index contributed by atoms with van der Waals surface area (Å²) in [6.45, 7) is 4.38. The molecule has 1 aliphatic rings. The molecular formula is C9H17NO. The van der Waals surface area contributed by atoms with Gasteiger partial charge in [0.2, 0.25) is 5.91 Å².